The van der Waals surface area contributed by atoms with Gasteiger partial charge in [-0.2, -0.15) is 0 Å². The summed E-state index contributed by atoms with van der Waals surface area (Å²) in [7, 11) is 0. The highest BCUT2D eigenvalue weighted by atomic mass is 16.5. The van der Waals surface area contributed by atoms with E-state index in [9.17, 15) is 19.2 Å². The number of carbonyl (C=O) groups excluding carboxylic acids is 4. The van der Waals surface area contributed by atoms with Crippen molar-refractivity contribution in [1.29, 1.82) is 0 Å². The molecule has 2 aromatic rings. The number of alkyl carbamates (subject to hydrolysis) is 1. The highest BCUT2D eigenvalue weighted by Gasteiger charge is 2.32. The summed E-state index contributed by atoms with van der Waals surface area (Å²) >= 11 is 0. The lowest BCUT2D eigenvalue weighted by Gasteiger charge is -2.24. The Hall–Kier alpha value is -3.55. The fraction of sp³-hybridized carbons (Fsp3) is 0.423. The molecule has 0 radical (unpaired) electrons. The largest absolute Gasteiger partial charge is 0.445 e. The van der Waals surface area contributed by atoms with Gasteiger partial charge in [-0.05, 0) is 42.4 Å². The van der Waals surface area contributed by atoms with E-state index in [0.29, 0.717) is 19.3 Å². The molecule has 1 aliphatic heterocycles. The van der Waals surface area contributed by atoms with Gasteiger partial charge in [0.05, 0.1) is 18.3 Å². The van der Waals surface area contributed by atoms with Crippen LogP contribution in [0.3, 0.4) is 0 Å². The molecule has 0 aliphatic carbocycles. The Kier molecular flexibility index (Phi) is 8.90. The molecule has 3 rings (SSSR count). The number of carbonyl (C=O) groups is 4. The van der Waals surface area contributed by atoms with Gasteiger partial charge in [-0.15, -0.1) is 0 Å². The first-order valence-electron chi connectivity index (χ1n) is 11.6. The number of aryl methyl sites for hydroxylation is 1. The topological polar surface area (TPSA) is 114 Å². The molecule has 180 valence electrons. The number of benzene rings is 1. The summed E-state index contributed by atoms with van der Waals surface area (Å²) in [6.07, 6.45) is 2.59. The lowest BCUT2D eigenvalue weighted by molar-refractivity contribution is -0.141. The quantitative estimate of drug-likeness (QED) is 0.607. The van der Waals surface area contributed by atoms with Gasteiger partial charge in [-0.25, -0.2) is 4.79 Å². The molecule has 8 nitrogen and oxygen atoms in total. The summed E-state index contributed by atoms with van der Waals surface area (Å²) in [6.45, 7) is 3.88. The van der Waals surface area contributed by atoms with Gasteiger partial charge in [0, 0.05) is 18.5 Å². The molecule has 2 amide bonds. The van der Waals surface area contributed by atoms with E-state index in [0.717, 1.165) is 16.8 Å². The number of pyridine rings is 1. The Bertz CT molecular complexity index is 1020. The van der Waals surface area contributed by atoms with Crippen molar-refractivity contribution in [1.82, 2.24) is 15.6 Å². The van der Waals surface area contributed by atoms with E-state index in [4.69, 9.17) is 4.74 Å². The van der Waals surface area contributed by atoms with Gasteiger partial charge in [0.1, 0.15) is 6.61 Å². The number of nitrogens with one attached hydrogen (secondary N) is 2. The first-order valence-corrected chi connectivity index (χ1v) is 11.6. The molecule has 2 N–H and O–H groups in total. The van der Waals surface area contributed by atoms with Gasteiger partial charge in [0.2, 0.25) is 5.78 Å². The van der Waals surface area contributed by atoms with Crippen LogP contribution in [0, 0.1) is 11.8 Å². The van der Waals surface area contributed by atoms with Crippen LogP contribution < -0.4 is 10.6 Å². The molecular formula is C26H31N3O5. The molecule has 1 aromatic carbocycles. The zero-order valence-corrected chi connectivity index (χ0v) is 19.6. The molecule has 2 heterocycles. The van der Waals surface area contributed by atoms with Crippen molar-refractivity contribution in [3.05, 3.63) is 65.5 Å². The van der Waals surface area contributed by atoms with Crippen molar-refractivity contribution in [3.8, 4) is 0 Å². The van der Waals surface area contributed by atoms with Gasteiger partial charge >= 0.3 is 6.09 Å². The Morgan fingerprint density at radius 2 is 1.91 bits per heavy atom. The first-order chi connectivity index (χ1) is 16.3. The van der Waals surface area contributed by atoms with E-state index in [1.165, 1.54) is 0 Å². The van der Waals surface area contributed by atoms with Crippen molar-refractivity contribution in [2.75, 3.05) is 0 Å². The standard InChI is InChI=1S/C26H31N3O5/c1-17(2)23(29-26(33)34-16-18-8-4-3-5-9-18)22(30)14-20-11-6-10-19-12-7-13-27-21(19)15-28-25(32)24(20)31/h3-5,7-9,12-13,17,20,23H,6,10-11,14-16H2,1-2H3,(H,28,32)(H,29,33). The smallest absolute Gasteiger partial charge is 0.408 e. The zero-order chi connectivity index (χ0) is 24.5. The minimum Gasteiger partial charge on any atom is -0.445 e. The summed E-state index contributed by atoms with van der Waals surface area (Å²) < 4.78 is 5.25. The maximum Gasteiger partial charge on any atom is 0.408 e. The van der Waals surface area contributed by atoms with E-state index in [-0.39, 0.29) is 31.3 Å². The molecule has 1 aliphatic rings. The van der Waals surface area contributed by atoms with E-state index in [1.54, 1.807) is 6.20 Å². The van der Waals surface area contributed by atoms with Crippen molar-refractivity contribution >= 4 is 23.6 Å². The Balaban J connectivity index is 1.62. The number of hydrogen-bond donors (Lipinski definition) is 2. The summed E-state index contributed by atoms with van der Waals surface area (Å²) in [6, 6.07) is 12.2. The molecule has 8 heteroatoms. The second-order valence-corrected chi connectivity index (χ2v) is 8.84. The van der Waals surface area contributed by atoms with Crippen LogP contribution in [0.1, 0.15) is 49.9 Å². The molecule has 1 aromatic heterocycles. The maximum atomic E-state index is 13.1. The number of ketones is 2. The Labute approximate surface area is 199 Å². The average molecular weight is 466 g/mol. The third-order valence-electron chi connectivity index (χ3n) is 5.94. The fourth-order valence-corrected chi connectivity index (χ4v) is 4.04. The predicted octanol–water partition coefficient (Wildman–Crippen LogP) is 3.13. The van der Waals surface area contributed by atoms with Gasteiger partial charge < -0.3 is 15.4 Å². The second-order valence-electron chi connectivity index (χ2n) is 8.84. The number of nitrogens with zero attached hydrogens (tertiary/aromatic N) is 1. The van der Waals surface area contributed by atoms with Crippen LogP contribution in [-0.2, 0) is 38.7 Å². The normalized spacial score (nSPS) is 17.3. The predicted molar refractivity (Wildman–Crippen MR) is 126 cm³/mol. The second kappa shape index (κ2) is 12.1. The molecule has 0 spiro atoms. The van der Waals surface area contributed by atoms with Crippen molar-refractivity contribution in [3.63, 3.8) is 0 Å². The molecule has 2 unspecified atom stereocenters. The number of Topliss-reactive ketones (excluding diaryl/α,β-unsaturated/α-hetero) is 2. The van der Waals surface area contributed by atoms with Gasteiger partial charge in [-0.1, -0.05) is 50.2 Å². The van der Waals surface area contributed by atoms with Crippen LogP contribution >= 0.6 is 0 Å². The highest BCUT2D eigenvalue weighted by Crippen LogP contribution is 2.21. The number of amides is 2. The number of rotatable bonds is 7. The number of fused-ring (bicyclic) bond motifs is 1. The van der Waals surface area contributed by atoms with Crippen LogP contribution in [0.4, 0.5) is 4.79 Å². The van der Waals surface area contributed by atoms with Crippen LogP contribution in [0.15, 0.2) is 48.7 Å². The first kappa shape index (κ1) is 25.1. The third kappa shape index (κ3) is 6.97. The minimum atomic E-state index is -0.820. The van der Waals surface area contributed by atoms with E-state index in [2.05, 4.69) is 15.6 Å². The molecular weight excluding hydrogens is 434 g/mol. The minimum absolute atomic E-state index is 0.0866. The zero-order valence-electron chi connectivity index (χ0n) is 19.6. The maximum absolute atomic E-state index is 13.1. The number of hydrogen-bond acceptors (Lipinski definition) is 6. The molecule has 34 heavy (non-hydrogen) atoms. The van der Waals surface area contributed by atoms with Crippen LogP contribution in [-0.4, -0.2) is 34.6 Å². The van der Waals surface area contributed by atoms with Gasteiger partial charge in [0.15, 0.2) is 5.78 Å². The number of aromatic nitrogens is 1. The molecule has 0 bridgehead atoms. The SMILES string of the molecule is CC(C)C(NC(=O)OCc1ccccc1)C(=O)CC1CCCc2cccnc2CNC(=O)C1=O. The van der Waals surface area contributed by atoms with E-state index < -0.39 is 29.7 Å². The lowest BCUT2D eigenvalue weighted by Crippen LogP contribution is -2.46. The molecule has 0 saturated carbocycles. The number of ether oxygens (including phenoxy) is 1. The Morgan fingerprint density at radius 1 is 1.15 bits per heavy atom. The van der Waals surface area contributed by atoms with Gasteiger partial charge in [0.25, 0.3) is 5.91 Å². The molecule has 2 atom stereocenters. The monoisotopic (exact) mass is 465 g/mol. The third-order valence-corrected chi connectivity index (χ3v) is 5.94. The van der Waals surface area contributed by atoms with Crippen LogP contribution in [0.5, 0.6) is 0 Å². The summed E-state index contributed by atoms with van der Waals surface area (Å²) in [5.41, 5.74) is 2.60. The average Bonchev–Trinajstić information content (AvgIpc) is 2.84. The lowest BCUT2D eigenvalue weighted by atomic mass is 9.86. The summed E-state index contributed by atoms with van der Waals surface area (Å²) in [5.74, 6) is -2.57. The molecule has 0 saturated heterocycles. The van der Waals surface area contributed by atoms with Crippen molar-refractivity contribution in [2.45, 2.75) is 58.7 Å². The van der Waals surface area contributed by atoms with Crippen molar-refractivity contribution in [2.24, 2.45) is 11.8 Å². The van der Waals surface area contributed by atoms with E-state index >= 15 is 0 Å². The van der Waals surface area contributed by atoms with Crippen LogP contribution in [0.25, 0.3) is 0 Å². The summed E-state index contributed by atoms with van der Waals surface area (Å²) in [4.78, 5) is 54.9. The Morgan fingerprint density at radius 3 is 2.65 bits per heavy atom. The highest BCUT2D eigenvalue weighted by molar-refractivity contribution is 6.37. The summed E-state index contributed by atoms with van der Waals surface area (Å²) in [5, 5.41) is 5.26. The van der Waals surface area contributed by atoms with Crippen molar-refractivity contribution < 1.29 is 23.9 Å². The fourth-order valence-electron chi connectivity index (χ4n) is 4.04. The van der Waals surface area contributed by atoms with Gasteiger partial charge in [-0.3, -0.25) is 19.4 Å². The van der Waals surface area contributed by atoms with E-state index in [1.807, 2.05) is 56.3 Å². The van der Waals surface area contributed by atoms with Crippen LogP contribution in [0.2, 0.25) is 0 Å². The molecule has 0 fully saturated rings.